The maximum absolute atomic E-state index is 14.9. The van der Waals surface area contributed by atoms with Crippen molar-refractivity contribution in [3.05, 3.63) is 81.7 Å². The molecule has 0 N–H and O–H groups in total. The van der Waals surface area contributed by atoms with E-state index in [1.165, 1.54) is 19.3 Å². The second-order valence-electron chi connectivity index (χ2n) is 11.9. The molecule has 2 fully saturated rings. The summed E-state index contributed by atoms with van der Waals surface area (Å²) in [5.74, 6) is -2.82. The van der Waals surface area contributed by atoms with Gasteiger partial charge in [0.05, 0.1) is 36.2 Å². The second kappa shape index (κ2) is 11.8. The van der Waals surface area contributed by atoms with Crippen LogP contribution in [0.3, 0.4) is 0 Å². The lowest BCUT2D eigenvalue weighted by atomic mass is 9.78. The number of hydrogen-bond donors (Lipinski definition) is 0. The van der Waals surface area contributed by atoms with E-state index in [-0.39, 0.29) is 59.3 Å². The number of methoxy groups -OCH3 is 1. The molecule has 250 valence electrons. The highest BCUT2D eigenvalue weighted by molar-refractivity contribution is 5.83. The topological polar surface area (TPSA) is 38.8 Å². The Bertz CT molecular complexity index is 1540. The molecule has 2 heterocycles. The SMILES string of the molecule is COc1cc(F)c(C(C)C)cc1C1=C([C@@H]2CCCC3[C@@H](c4cc(C(F)(F)F)cc(C(F)(F)F)c4)OC(=O)N32)CC(C(F)(F)F)C=C1. The van der Waals surface area contributed by atoms with Gasteiger partial charge in [0, 0.05) is 11.6 Å². The van der Waals surface area contributed by atoms with Crippen molar-refractivity contribution < 1.29 is 58.2 Å². The van der Waals surface area contributed by atoms with Gasteiger partial charge in [0.2, 0.25) is 0 Å². The molecule has 1 amide bonds. The van der Waals surface area contributed by atoms with Gasteiger partial charge in [-0.25, -0.2) is 9.18 Å². The molecule has 0 spiro atoms. The van der Waals surface area contributed by atoms with Gasteiger partial charge in [0.25, 0.3) is 0 Å². The monoisotopic (exact) mass is 665 g/mol. The molecule has 4 nitrogen and oxygen atoms in total. The average molecular weight is 666 g/mol. The molecular weight excluding hydrogens is 636 g/mol. The summed E-state index contributed by atoms with van der Waals surface area (Å²) in [6.45, 7) is 3.45. The number of benzene rings is 2. The molecule has 2 aliphatic heterocycles. The first-order valence-electron chi connectivity index (χ1n) is 14.4. The van der Waals surface area contributed by atoms with Crippen molar-refractivity contribution in [2.45, 2.75) is 82.2 Å². The number of hydrogen-bond acceptors (Lipinski definition) is 3. The van der Waals surface area contributed by atoms with Crippen LogP contribution >= 0.6 is 0 Å². The number of allylic oxidation sites excluding steroid dienone is 3. The number of amides is 1. The number of halogens is 10. The molecule has 0 bridgehead atoms. The molecule has 2 unspecified atom stereocenters. The first-order valence-corrected chi connectivity index (χ1v) is 14.4. The van der Waals surface area contributed by atoms with Crippen molar-refractivity contribution >= 4 is 11.7 Å². The van der Waals surface area contributed by atoms with Crippen LogP contribution in [0.4, 0.5) is 48.7 Å². The Balaban J connectivity index is 1.64. The number of fused-ring (bicyclic) bond motifs is 1. The second-order valence-corrected chi connectivity index (χ2v) is 11.9. The average Bonchev–Trinajstić information content (AvgIpc) is 3.31. The number of cyclic esters (lactones) is 1. The van der Waals surface area contributed by atoms with E-state index in [2.05, 4.69) is 0 Å². The molecule has 0 saturated carbocycles. The fourth-order valence-corrected chi connectivity index (χ4v) is 6.54. The van der Waals surface area contributed by atoms with Crippen LogP contribution in [0.15, 0.2) is 48.1 Å². The molecule has 3 aliphatic rings. The van der Waals surface area contributed by atoms with Crippen LogP contribution in [0.1, 0.15) is 79.4 Å². The quantitative estimate of drug-likeness (QED) is 0.299. The summed E-state index contributed by atoms with van der Waals surface area (Å²) in [7, 11) is 1.27. The molecule has 2 aromatic carbocycles. The third kappa shape index (κ3) is 6.31. The molecule has 46 heavy (non-hydrogen) atoms. The largest absolute Gasteiger partial charge is 0.496 e. The Morgan fingerprint density at radius 1 is 0.913 bits per heavy atom. The van der Waals surface area contributed by atoms with E-state index in [1.54, 1.807) is 13.8 Å². The van der Waals surface area contributed by atoms with Crippen molar-refractivity contribution in [1.82, 2.24) is 4.90 Å². The van der Waals surface area contributed by atoms with Gasteiger partial charge in [-0.15, -0.1) is 0 Å². The number of carbonyl (C=O) groups excluding carboxylic acids is 1. The van der Waals surface area contributed by atoms with Crippen molar-refractivity contribution in [3.63, 3.8) is 0 Å². The van der Waals surface area contributed by atoms with Crippen molar-refractivity contribution in [2.24, 2.45) is 5.92 Å². The minimum absolute atomic E-state index is 0.0300. The van der Waals surface area contributed by atoms with E-state index in [0.29, 0.717) is 12.1 Å². The minimum atomic E-state index is -5.14. The smallest absolute Gasteiger partial charge is 0.416 e. The highest BCUT2D eigenvalue weighted by Crippen LogP contribution is 2.49. The highest BCUT2D eigenvalue weighted by Gasteiger charge is 2.51. The minimum Gasteiger partial charge on any atom is -0.496 e. The summed E-state index contributed by atoms with van der Waals surface area (Å²) >= 11 is 0. The number of carbonyl (C=O) groups is 1. The number of nitrogens with zero attached hydrogens (tertiary/aromatic N) is 1. The van der Waals surface area contributed by atoms with E-state index in [0.717, 1.165) is 17.0 Å². The summed E-state index contributed by atoms with van der Waals surface area (Å²) in [6, 6.07) is 1.42. The first-order chi connectivity index (χ1) is 21.3. The van der Waals surface area contributed by atoms with Crippen LogP contribution < -0.4 is 4.74 Å². The molecule has 1 aliphatic carbocycles. The van der Waals surface area contributed by atoms with Crippen LogP contribution in [0, 0.1) is 11.7 Å². The Morgan fingerprint density at radius 3 is 2.09 bits per heavy atom. The van der Waals surface area contributed by atoms with E-state index in [9.17, 15) is 48.7 Å². The predicted octanol–water partition coefficient (Wildman–Crippen LogP) is 10.0. The molecule has 4 atom stereocenters. The van der Waals surface area contributed by atoms with E-state index in [4.69, 9.17) is 9.47 Å². The number of alkyl halides is 9. The fourth-order valence-electron chi connectivity index (χ4n) is 6.54. The van der Waals surface area contributed by atoms with Crippen LogP contribution in [-0.2, 0) is 17.1 Å². The zero-order chi connectivity index (χ0) is 33.9. The number of ether oxygens (including phenoxy) is 2. The number of piperidine rings is 1. The van der Waals surface area contributed by atoms with Gasteiger partial charge < -0.3 is 9.47 Å². The van der Waals surface area contributed by atoms with Crippen LogP contribution in [0.5, 0.6) is 5.75 Å². The van der Waals surface area contributed by atoms with Gasteiger partial charge in [-0.05, 0) is 78.1 Å². The Kier molecular flexibility index (Phi) is 8.65. The van der Waals surface area contributed by atoms with Gasteiger partial charge in [0.15, 0.2) is 0 Å². The zero-order valence-corrected chi connectivity index (χ0v) is 24.7. The van der Waals surface area contributed by atoms with E-state index < -0.39 is 77.7 Å². The Morgan fingerprint density at radius 2 is 1.54 bits per heavy atom. The lowest BCUT2D eigenvalue weighted by Crippen LogP contribution is -2.47. The van der Waals surface area contributed by atoms with Crippen molar-refractivity contribution in [1.29, 1.82) is 0 Å². The van der Waals surface area contributed by atoms with Gasteiger partial charge in [0.1, 0.15) is 17.7 Å². The highest BCUT2D eigenvalue weighted by atomic mass is 19.4. The summed E-state index contributed by atoms with van der Waals surface area (Å²) in [6.07, 6.45) is -15.4. The summed E-state index contributed by atoms with van der Waals surface area (Å²) < 4.78 is 149. The zero-order valence-electron chi connectivity index (χ0n) is 24.7. The number of rotatable bonds is 5. The molecular formula is C32H29F10NO3. The lowest BCUT2D eigenvalue weighted by Gasteiger charge is -2.40. The molecule has 5 rings (SSSR count). The predicted molar refractivity (Wildman–Crippen MR) is 146 cm³/mol. The van der Waals surface area contributed by atoms with Gasteiger partial charge in [-0.1, -0.05) is 26.0 Å². The van der Waals surface area contributed by atoms with E-state index >= 15 is 0 Å². The van der Waals surface area contributed by atoms with Crippen LogP contribution in [0.2, 0.25) is 0 Å². The summed E-state index contributed by atoms with van der Waals surface area (Å²) in [4.78, 5) is 14.5. The molecule has 2 aromatic rings. The first kappa shape index (κ1) is 33.6. The van der Waals surface area contributed by atoms with Gasteiger partial charge >= 0.3 is 24.6 Å². The molecule has 0 radical (unpaired) electrons. The Labute approximate surface area is 257 Å². The molecule has 0 aromatic heterocycles. The maximum atomic E-state index is 14.9. The van der Waals surface area contributed by atoms with E-state index in [1.807, 2.05) is 0 Å². The maximum Gasteiger partial charge on any atom is 0.416 e. The normalized spacial score (nSPS) is 24.0. The van der Waals surface area contributed by atoms with Crippen molar-refractivity contribution in [2.75, 3.05) is 7.11 Å². The Hall–Kier alpha value is -3.71. The van der Waals surface area contributed by atoms with Gasteiger partial charge in [-0.3, -0.25) is 4.90 Å². The standard InChI is InChI=1S/C32H29F10NO3/c1-15(2)21-13-23(27(45-3)14-24(21)33)20-8-7-17(30(34,35)36)12-22(20)25-5-4-6-26-28(46-29(44)43(25)26)16-9-18(31(37,38)39)11-19(10-16)32(40,41)42/h7-11,13-15,17,25-26,28H,4-6,12H2,1-3H3/t17?,25-,26?,28+/m0/s1. The summed E-state index contributed by atoms with van der Waals surface area (Å²) in [5.41, 5.74) is -2.76. The third-order valence-electron chi connectivity index (χ3n) is 8.73. The van der Waals surface area contributed by atoms with Crippen LogP contribution in [-0.4, -0.2) is 36.4 Å². The lowest BCUT2D eigenvalue weighted by molar-refractivity contribution is -0.161. The molecule has 2 saturated heterocycles. The van der Waals surface area contributed by atoms with Crippen LogP contribution in [0.25, 0.3) is 5.57 Å². The summed E-state index contributed by atoms with van der Waals surface area (Å²) in [5, 5.41) is 0. The van der Waals surface area contributed by atoms with Crippen molar-refractivity contribution in [3.8, 4) is 5.75 Å². The third-order valence-corrected chi connectivity index (χ3v) is 8.73. The fraction of sp³-hybridized carbons (Fsp3) is 0.469. The van der Waals surface area contributed by atoms with Gasteiger partial charge in [-0.2, -0.15) is 39.5 Å². The molecule has 14 heteroatoms.